The second kappa shape index (κ2) is 6.06. The number of aryl methyl sites for hydroxylation is 2. The van der Waals surface area contributed by atoms with Crippen LogP contribution in [0.5, 0.6) is 0 Å². The summed E-state index contributed by atoms with van der Waals surface area (Å²) in [4.78, 5) is 5.90. The van der Waals surface area contributed by atoms with Gasteiger partial charge >= 0.3 is 0 Å². The Morgan fingerprint density at radius 2 is 1.90 bits per heavy atom. The van der Waals surface area contributed by atoms with Gasteiger partial charge in [0.2, 0.25) is 0 Å². The predicted molar refractivity (Wildman–Crippen MR) is 88.6 cm³/mol. The van der Waals surface area contributed by atoms with Crippen LogP contribution >= 0.6 is 27.3 Å². The highest BCUT2D eigenvalue weighted by atomic mass is 79.9. The van der Waals surface area contributed by atoms with Gasteiger partial charge in [0.15, 0.2) is 5.13 Å². The Kier molecular flexibility index (Phi) is 4.33. The summed E-state index contributed by atoms with van der Waals surface area (Å²) >= 11 is 4.80. The number of hydrogen-bond donors (Lipinski definition) is 1. The van der Waals surface area contributed by atoms with Gasteiger partial charge in [-0.05, 0) is 43.4 Å². The van der Waals surface area contributed by atoms with Crippen LogP contribution in [-0.4, -0.2) is 13.4 Å². The van der Waals surface area contributed by atoms with E-state index in [2.05, 4.69) is 25.6 Å². The van der Waals surface area contributed by atoms with Gasteiger partial charge in [-0.25, -0.2) is 13.4 Å². The number of thiazole rings is 1. The standard InChI is InChI=1S/C14H15BrN2O2S2/c15-9-10-5-7-11(8-6-10)21(18,19)17-14-16-12-3-1-2-4-13(12)20-14/h5-8H,1-4,9H2,(H,16,17). The number of sulfonamides is 1. The SMILES string of the molecule is O=S(=O)(Nc1nc2c(s1)CCCC2)c1ccc(CBr)cc1. The number of halogens is 1. The van der Waals surface area contributed by atoms with Crippen molar-refractivity contribution in [2.24, 2.45) is 0 Å². The Morgan fingerprint density at radius 1 is 1.19 bits per heavy atom. The Bertz CT molecular complexity index is 715. The van der Waals surface area contributed by atoms with Gasteiger partial charge in [0.1, 0.15) is 0 Å². The molecule has 0 bridgehead atoms. The van der Waals surface area contributed by atoms with E-state index in [1.165, 1.54) is 16.2 Å². The summed E-state index contributed by atoms with van der Waals surface area (Å²) in [5.41, 5.74) is 2.09. The molecule has 1 aromatic heterocycles. The second-order valence-corrected chi connectivity index (χ2v) is 8.31. The molecule has 21 heavy (non-hydrogen) atoms. The molecule has 0 unspecified atom stereocenters. The fraction of sp³-hybridized carbons (Fsp3) is 0.357. The van der Waals surface area contributed by atoms with Gasteiger partial charge in [-0.1, -0.05) is 28.1 Å². The van der Waals surface area contributed by atoms with Crippen molar-refractivity contribution in [2.75, 3.05) is 4.72 Å². The molecule has 0 fully saturated rings. The summed E-state index contributed by atoms with van der Waals surface area (Å²) in [6.45, 7) is 0. The zero-order valence-electron chi connectivity index (χ0n) is 11.3. The number of nitrogens with zero attached hydrogens (tertiary/aromatic N) is 1. The Balaban J connectivity index is 1.83. The van der Waals surface area contributed by atoms with E-state index in [9.17, 15) is 8.42 Å². The molecular formula is C14H15BrN2O2S2. The van der Waals surface area contributed by atoms with E-state index in [-0.39, 0.29) is 4.90 Å². The fourth-order valence-corrected chi connectivity index (χ4v) is 4.99. The molecule has 0 saturated heterocycles. The van der Waals surface area contributed by atoms with Crippen molar-refractivity contribution in [1.29, 1.82) is 0 Å². The summed E-state index contributed by atoms with van der Waals surface area (Å²) in [6.07, 6.45) is 4.26. The number of aromatic nitrogens is 1. The molecule has 0 spiro atoms. The van der Waals surface area contributed by atoms with Crippen molar-refractivity contribution in [3.8, 4) is 0 Å². The summed E-state index contributed by atoms with van der Waals surface area (Å²) in [6, 6.07) is 6.84. The van der Waals surface area contributed by atoms with E-state index in [4.69, 9.17) is 0 Å². The van der Waals surface area contributed by atoms with Crippen molar-refractivity contribution in [2.45, 2.75) is 35.9 Å². The number of benzene rings is 1. The largest absolute Gasteiger partial charge is 0.263 e. The average Bonchev–Trinajstić information content (AvgIpc) is 2.88. The van der Waals surface area contributed by atoms with E-state index in [0.717, 1.165) is 36.9 Å². The maximum absolute atomic E-state index is 12.4. The van der Waals surface area contributed by atoms with Crippen LogP contribution in [0.4, 0.5) is 5.13 Å². The van der Waals surface area contributed by atoms with Gasteiger partial charge in [0, 0.05) is 10.2 Å². The van der Waals surface area contributed by atoms with Crippen LogP contribution in [0.15, 0.2) is 29.2 Å². The summed E-state index contributed by atoms with van der Waals surface area (Å²) in [5.74, 6) is 0. The minimum Gasteiger partial charge on any atom is -0.255 e. The van der Waals surface area contributed by atoms with Crippen molar-refractivity contribution in [1.82, 2.24) is 4.98 Å². The van der Waals surface area contributed by atoms with Crippen LogP contribution < -0.4 is 4.72 Å². The molecule has 3 rings (SSSR count). The van der Waals surface area contributed by atoms with Gasteiger partial charge in [-0.15, -0.1) is 11.3 Å². The van der Waals surface area contributed by atoms with Crippen LogP contribution in [0.1, 0.15) is 29.0 Å². The summed E-state index contributed by atoms with van der Waals surface area (Å²) in [5, 5.41) is 1.19. The number of rotatable bonds is 4. The lowest BCUT2D eigenvalue weighted by atomic mass is 10.0. The van der Waals surface area contributed by atoms with Crippen LogP contribution in [0.2, 0.25) is 0 Å². The minimum absolute atomic E-state index is 0.264. The first kappa shape index (κ1) is 15.0. The smallest absolute Gasteiger partial charge is 0.255 e. The summed E-state index contributed by atoms with van der Waals surface area (Å²) < 4.78 is 27.3. The van der Waals surface area contributed by atoms with Crippen molar-refractivity contribution in [3.05, 3.63) is 40.4 Å². The predicted octanol–water partition coefficient (Wildman–Crippen LogP) is 3.72. The quantitative estimate of drug-likeness (QED) is 0.814. The third-order valence-corrected chi connectivity index (χ3v) is 6.66. The molecule has 0 amide bonds. The second-order valence-electron chi connectivity index (χ2n) is 4.98. The maximum Gasteiger partial charge on any atom is 0.263 e. The Hall–Kier alpha value is -0.920. The number of alkyl halides is 1. The number of anilines is 1. The number of hydrogen-bond acceptors (Lipinski definition) is 4. The van der Waals surface area contributed by atoms with Crippen LogP contribution in [0.3, 0.4) is 0 Å². The van der Waals surface area contributed by atoms with Crippen LogP contribution in [-0.2, 0) is 28.2 Å². The van der Waals surface area contributed by atoms with E-state index in [1.54, 1.807) is 24.3 Å². The van der Waals surface area contributed by atoms with Crippen molar-refractivity contribution in [3.63, 3.8) is 0 Å². The zero-order chi connectivity index (χ0) is 14.9. The summed E-state index contributed by atoms with van der Waals surface area (Å²) in [7, 11) is -3.56. The molecule has 2 aromatic rings. The third-order valence-electron chi connectivity index (χ3n) is 3.46. The first-order chi connectivity index (χ1) is 10.1. The first-order valence-electron chi connectivity index (χ1n) is 6.75. The number of nitrogens with one attached hydrogen (secondary N) is 1. The Morgan fingerprint density at radius 3 is 2.57 bits per heavy atom. The van der Waals surface area contributed by atoms with Crippen LogP contribution in [0.25, 0.3) is 0 Å². The molecule has 1 aliphatic carbocycles. The molecule has 0 aliphatic heterocycles. The lowest BCUT2D eigenvalue weighted by Crippen LogP contribution is -2.12. The molecule has 1 aromatic carbocycles. The van der Waals surface area contributed by atoms with E-state index >= 15 is 0 Å². The third kappa shape index (κ3) is 3.30. The van der Waals surface area contributed by atoms with Gasteiger partial charge in [0.05, 0.1) is 10.6 Å². The van der Waals surface area contributed by atoms with Crippen molar-refractivity contribution < 1.29 is 8.42 Å². The van der Waals surface area contributed by atoms with E-state index in [1.807, 2.05) is 0 Å². The minimum atomic E-state index is -3.56. The first-order valence-corrected chi connectivity index (χ1v) is 10.2. The van der Waals surface area contributed by atoms with Crippen LogP contribution in [0, 0.1) is 0 Å². The lowest BCUT2D eigenvalue weighted by Gasteiger charge is -2.06. The molecule has 1 heterocycles. The van der Waals surface area contributed by atoms with Gasteiger partial charge in [-0.2, -0.15) is 0 Å². The molecule has 1 N–H and O–H groups in total. The van der Waals surface area contributed by atoms with Gasteiger partial charge in [0.25, 0.3) is 10.0 Å². The molecule has 0 atom stereocenters. The van der Waals surface area contributed by atoms with E-state index in [0.29, 0.717) is 10.5 Å². The lowest BCUT2D eigenvalue weighted by molar-refractivity contribution is 0.601. The van der Waals surface area contributed by atoms with Gasteiger partial charge < -0.3 is 0 Å². The fourth-order valence-electron chi connectivity index (χ4n) is 2.33. The van der Waals surface area contributed by atoms with Gasteiger partial charge in [-0.3, -0.25) is 4.72 Å². The monoisotopic (exact) mass is 386 g/mol. The average molecular weight is 387 g/mol. The highest BCUT2D eigenvalue weighted by Crippen LogP contribution is 2.30. The van der Waals surface area contributed by atoms with E-state index < -0.39 is 10.0 Å². The molecular weight excluding hydrogens is 372 g/mol. The molecule has 0 saturated carbocycles. The highest BCUT2D eigenvalue weighted by Gasteiger charge is 2.20. The maximum atomic E-state index is 12.4. The number of fused-ring (bicyclic) bond motifs is 1. The molecule has 0 radical (unpaired) electrons. The molecule has 7 heteroatoms. The highest BCUT2D eigenvalue weighted by molar-refractivity contribution is 9.08. The normalized spacial score (nSPS) is 14.7. The Labute approximate surface area is 136 Å². The molecule has 112 valence electrons. The van der Waals surface area contributed by atoms with Crippen molar-refractivity contribution >= 4 is 42.4 Å². The topological polar surface area (TPSA) is 59.1 Å². The molecule has 1 aliphatic rings. The molecule has 4 nitrogen and oxygen atoms in total. The zero-order valence-corrected chi connectivity index (χ0v) is 14.5.